The van der Waals surface area contributed by atoms with Gasteiger partial charge >= 0.3 is 0 Å². The quantitative estimate of drug-likeness (QED) is 0.741. The normalized spacial score (nSPS) is 10.2. The summed E-state index contributed by atoms with van der Waals surface area (Å²) in [6, 6.07) is 22.8. The molecule has 1 N–H and O–H groups in total. The molecule has 126 valence electrons. The maximum absolute atomic E-state index is 12.7. The molecule has 0 spiro atoms. The number of hydrogen-bond donors (Lipinski definition) is 1. The maximum Gasteiger partial charge on any atom is 0.255 e. The van der Waals surface area contributed by atoms with Crippen molar-refractivity contribution in [3.05, 3.63) is 78.4 Å². The van der Waals surface area contributed by atoms with Crippen molar-refractivity contribution in [3.8, 4) is 22.6 Å². The van der Waals surface area contributed by atoms with Gasteiger partial charge in [-0.25, -0.2) is 0 Å². The van der Waals surface area contributed by atoms with E-state index in [-0.39, 0.29) is 5.91 Å². The van der Waals surface area contributed by atoms with Gasteiger partial charge in [0, 0.05) is 16.8 Å². The smallest absolute Gasteiger partial charge is 0.255 e. The predicted molar refractivity (Wildman–Crippen MR) is 99.4 cm³/mol. The summed E-state index contributed by atoms with van der Waals surface area (Å²) in [6.07, 6.45) is 0. The van der Waals surface area contributed by atoms with Crippen molar-refractivity contribution in [2.45, 2.75) is 0 Å². The predicted octanol–water partition coefficient (Wildman–Crippen LogP) is 4.62. The third-order valence-corrected chi connectivity index (χ3v) is 3.91. The molecule has 25 heavy (non-hydrogen) atoms. The monoisotopic (exact) mass is 333 g/mol. The van der Waals surface area contributed by atoms with Crippen LogP contribution in [0.4, 0.5) is 5.69 Å². The van der Waals surface area contributed by atoms with E-state index in [1.807, 2.05) is 54.6 Å². The molecule has 3 aromatic rings. The molecule has 0 saturated carbocycles. The van der Waals surface area contributed by atoms with Crippen molar-refractivity contribution < 1.29 is 14.3 Å². The second kappa shape index (κ2) is 7.53. The first-order valence-corrected chi connectivity index (χ1v) is 7.90. The first-order chi connectivity index (χ1) is 12.2. The fourth-order valence-corrected chi connectivity index (χ4v) is 2.63. The highest BCUT2D eigenvalue weighted by Gasteiger charge is 2.13. The second-order valence-corrected chi connectivity index (χ2v) is 5.44. The molecule has 4 heteroatoms. The van der Waals surface area contributed by atoms with E-state index < -0.39 is 0 Å². The van der Waals surface area contributed by atoms with Crippen LogP contribution < -0.4 is 14.8 Å². The maximum atomic E-state index is 12.7. The number of benzene rings is 3. The van der Waals surface area contributed by atoms with Crippen LogP contribution in [-0.2, 0) is 0 Å². The van der Waals surface area contributed by atoms with Gasteiger partial charge in [0.15, 0.2) is 11.5 Å². The molecular formula is C21H19NO3. The van der Waals surface area contributed by atoms with E-state index in [1.54, 1.807) is 32.4 Å². The molecule has 3 rings (SSSR count). The minimum Gasteiger partial charge on any atom is -0.493 e. The Morgan fingerprint density at radius 3 is 2.20 bits per heavy atom. The molecule has 0 bridgehead atoms. The van der Waals surface area contributed by atoms with Crippen molar-refractivity contribution in [1.29, 1.82) is 0 Å². The van der Waals surface area contributed by atoms with Gasteiger partial charge in [-0.15, -0.1) is 0 Å². The highest BCUT2D eigenvalue weighted by molar-refractivity contribution is 6.06. The topological polar surface area (TPSA) is 47.6 Å². The van der Waals surface area contributed by atoms with Gasteiger partial charge < -0.3 is 14.8 Å². The third-order valence-electron chi connectivity index (χ3n) is 3.91. The average Bonchev–Trinajstić information content (AvgIpc) is 2.68. The molecule has 0 heterocycles. The largest absolute Gasteiger partial charge is 0.493 e. The summed E-state index contributed by atoms with van der Waals surface area (Å²) in [5.41, 5.74) is 3.27. The SMILES string of the molecule is COc1ccc(C(=O)Nc2ccccc2-c2ccccc2)cc1OC. The van der Waals surface area contributed by atoms with E-state index in [1.165, 1.54) is 0 Å². The average molecular weight is 333 g/mol. The molecule has 0 radical (unpaired) electrons. The summed E-state index contributed by atoms with van der Waals surface area (Å²) in [4.78, 5) is 12.7. The Morgan fingerprint density at radius 1 is 0.800 bits per heavy atom. The molecule has 0 atom stereocenters. The molecule has 0 aliphatic rings. The Hall–Kier alpha value is -3.27. The lowest BCUT2D eigenvalue weighted by Crippen LogP contribution is -2.12. The zero-order valence-electron chi connectivity index (χ0n) is 14.2. The lowest BCUT2D eigenvalue weighted by Gasteiger charge is -2.13. The van der Waals surface area contributed by atoms with E-state index in [4.69, 9.17) is 9.47 Å². The van der Waals surface area contributed by atoms with Crippen LogP contribution in [0.1, 0.15) is 10.4 Å². The first-order valence-electron chi connectivity index (χ1n) is 7.90. The van der Waals surface area contributed by atoms with Crippen molar-refractivity contribution in [2.75, 3.05) is 19.5 Å². The van der Waals surface area contributed by atoms with Crippen LogP contribution in [0.15, 0.2) is 72.8 Å². The Bertz CT molecular complexity index is 875. The highest BCUT2D eigenvalue weighted by Crippen LogP contribution is 2.30. The van der Waals surface area contributed by atoms with Gasteiger partial charge in [0.05, 0.1) is 14.2 Å². The number of carbonyl (C=O) groups excluding carboxylic acids is 1. The Labute approximate surface area is 147 Å². The molecular weight excluding hydrogens is 314 g/mol. The van der Waals surface area contributed by atoms with E-state index in [2.05, 4.69) is 5.32 Å². The third kappa shape index (κ3) is 3.63. The minimum atomic E-state index is -0.204. The van der Waals surface area contributed by atoms with Crippen LogP contribution >= 0.6 is 0 Å². The summed E-state index contributed by atoms with van der Waals surface area (Å²) in [5.74, 6) is 0.902. The molecule has 0 saturated heterocycles. The molecule has 0 aromatic heterocycles. The lowest BCUT2D eigenvalue weighted by atomic mass is 10.0. The van der Waals surface area contributed by atoms with Crippen molar-refractivity contribution in [1.82, 2.24) is 0 Å². The standard InChI is InChI=1S/C21H19NO3/c1-24-19-13-12-16(14-20(19)25-2)21(23)22-18-11-7-6-10-17(18)15-8-4-3-5-9-15/h3-14H,1-2H3,(H,22,23). The van der Waals surface area contributed by atoms with Gasteiger partial charge in [-0.3, -0.25) is 4.79 Å². The zero-order valence-corrected chi connectivity index (χ0v) is 14.2. The summed E-state index contributed by atoms with van der Waals surface area (Å²) >= 11 is 0. The number of methoxy groups -OCH3 is 2. The van der Waals surface area contributed by atoms with Crippen LogP contribution in [0.5, 0.6) is 11.5 Å². The molecule has 3 aromatic carbocycles. The Kier molecular flexibility index (Phi) is 5.00. The molecule has 0 fully saturated rings. The van der Waals surface area contributed by atoms with E-state index >= 15 is 0 Å². The molecule has 0 aliphatic carbocycles. The van der Waals surface area contributed by atoms with Gasteiger partial charge in [0.25, 0.3) is 5.91 Å². The number of amides is 1. The molecule has 0 aliphatic heterocycles. The summed E-state index contributed by atoms with van der Waals surface area (Å²) in [6.45, 7) is 0. The van der Waals surface area contributed by atoms with E-state index in [9.17, 15) is 4.79 Å². The zero-order chi connectivity index (χ0) is 17.6. The van der Waals surface area contributed by atoms with Crippen LogP contribution in [0, 0.1) is 0 Å². The highest BCUT2D eigenvalue weighted by atomic mass is 16.5. The number of ether oxygens (including phenoxy) is 2. The molecule has 0 unspecified atom stereocenters. The molecule has 4 nitrogen and oxygen atoms in total. The van der Waals surface area contributed by atoms with Crippen molar-refractivity contribution in [2.24, 2.45) is 0 Å². The van der Waals surface area contributed by atoms with Crippen molar-refractivity contribution >= 4 is 11.6 Å². The number of nitrogens with one attached hydrogen (secondary N) is 1. The summed E-state index contributed by atoms with van der Waals surface area (Å²) in [7, 11) is 3.11. The van der Waals surface area contributed by atoms with Crippen LogP contribution in [-0.4, -0.2) is 20.1 Å². The number of rotatable bonds is 5. The van der Waals surface area contributed by atoms with Gasteiger partial charge in [0.2, 0.25) is 0 Å². The lowest BCUT2D eigenvalue weighted by molar-refractivity contribution is 0.102. The fourth-order valence-electron chi connectivity index (χ4n) is 2.63. The number of carbonyl (C=O) groups is 1. The van der Waals surface area contributed by atoms with Crippen LogP contribution in [0.2, 0.25) is 0 Å². The van der Waals surface area contributed by atoms with Gasteiger partial charge in [-0.05, 0) is 29.8 Å². The van der Waals surface area contributed by atoms with Gasteiger partial charge in [-0.1, -0.05) is 48.5 Å². The summed E-state index contributed by atoms with van der Waals surface area (Å²) in [5, 5.41) is 2.98. The first kappa shape index (κ1) is 16.6. The Morgan fingerprint density at radius 2 is 1.48 bits per heavy atom. The number of anilines is 1. The second-order valence-electron chi connectivity index (χ2n) is 5.44. The molecule has 1 amide bonds. The minimum absolute atomic E-state index is 0.204. The Balaban J connectivity index is 1.90. The fraction of sp³-hybridized carbons (Fsp3) is 0.0952. The summed E-state index contributed by atoms with van der Waals surface area (Å²) < 4.78 is 10.5. The van der Waals surface area contributed by atoms with E-state index in [0.717, 1.165) is 16.8 Å². The number of para-hydroxylation sites is 1. The van der Waals surface area contributed by atoms with Crippen LogP contribution in [0.25, 0.3) is 11.1 Å². The van der Waals surface area contributed by atoms with Crippen molar-refractivity contribution in [3.63, 3.8) is 0 Å². The van der Waals surface area contributed by atoms with Gasteiger partial charge in [0.1, 0.15) is 0 Å². The van der Waals surface area contributed by atoms with Crippen LogP contribution in [0.3, 0.4) is 0 Å². The van der Waals surface area contributed by atoms with E-state index in [0.29, 0.717) is 17.1 Å². The number of hydrogen-bond acceptors (Lipinski definition) is 3. The van der Waals surface area contributed by atoms with Gasteiger partial charge in [-0.2, -0.15) is 0 Å².